The number of hydrogen-bond acceptors (Lipinski definition) is 2. The predicted octanol–water partition coefficient (Wildman–Crippen LogP) is 2.90. The van der Waals surface area contributed by atoms with Crippen LogP contribution in [0.3, 0.4) is 0 Å². The van der Waals surface area contributed by atoms with Gasteiger partial charge in [0.25, 0.3) is 5.91 Å². The maximum absolute atomic E-state index is 12.4. The number of benzene rings is 1. The molecule has 3 nitrogen and oxygen atoms in total. The zero-order chi connectivity index (χ0) is 13.0. The average Bonchev–Trinajstić information content (AvgIpc) is 2.46. The van der Waals surface area contributed by atoms with Crippen molar-refractivity contribution in [2.75, 3.05) is 6.54 Å². The van der Waals surface area contributed by atoms with Crippen molar-refractivity contribution in [1.29, 1.82) is 0 Å². The van der Waals surface area contributed by atoms with E-state index in [9.17, 15) is 9.59 Å². The Morgan fingerprint density at radius 1 is 1.33 bits per heavy atom. The monoisotopic (exact) mass is 245 g/mol. The summed E-state index contributed by atoms with van der Waals surface area (Å²) < 4.78 is 0. The molecule has 0 radical (unpaired) electrons. The molecule has 2 rings (SSSR count). The van der Waals surface area contributed by atoms with Gasteiger partial charge in [-0.25, -0.2) is 0 Å². The van der Waals surface area contributed by atoms with Crippen LogP contribution < -0.4 is 0 Å². The third-order valence-corrected chi connectivity index (χ3v) is 3.65. The third-order valence-electron chi connectivity index (χ3n) is 3.65. The molecular formula is C15H19NO2. The molecule has 96 valence electrons. The molecule has 18 heavy (non-hydrogen) atoms. The van der Waals surface area contributed by atoms with Crippen LogP contribution in [0.15, 0.2) is 24.3 Å². The number of aldehydes is 1. The van der Waals surface area contributed by atoms with Crippen LogP contribution in [0.25, 0.3) is 0 Å². The van der Waals surface area contributed by atoms with Gasteiger partial charge in [-0.3, -0.25) is 9.59 Å². The number of hydrogen-bond donors (Lipinski definition) is 0. The highest BCUT2D eigenvalue weighted by Crippen LogP contribution is 2.21. The van der Waals surface area contributed by atoms with Crippen LogP contribution in [-0.4, -0.2) is 29.7 Å². The van der Waals surface area contributed by atoms with Crippen LogP contribution in [0.4, 0.5) is 0 Å². The van der Waals surface area contributed by atoms with E-state index in [0.29, 0.717) is 17.2 Å². The molecule has 0 N–H and O–H groups in total. The second kappa shape index (κ2) is 5.80. The Morgan fingerprint density at radius 3 is 2.67 bits per heavy atom. The molecule has 1 atom stereocenters. The highest BCUT2D eigenvalue weighted by Gasteiger charge is 2.25. The minimum Gasteiger partial charge on any atom is -0.336 e. The molecular weight excluding hydrogens is 226 g/mol. The molecule has 1 unspecified atom stereocenters. The van der Waals surface area contributed by atoms with Gasteiger partial charge in [0, 0.05) is 23.7 Å². The van der Waals surface area contributed by atoms with Crippen molar-refractivity contribution < 1.29 is 9.59 Å². The lowest BCUT2D eigenvalue weighted by Gasteiger charge is -2.35. The summed E-state index contributed by atoms with van der Waals surface area (Å²) in [6.45, 7) is 2.98. The molecule has 1 fully saturated rings. The molecule has 0 aliphatic carbocycles. The van der Waals surface area contributed by atoms with E-state index in [1.807, 2.05) is 4.90 Å². The second-order valence-electron chi connectivity index (χ2n) is 4.80. The average molecular weight is 245 g/mol. The highest BCUT2D eigenvalue weighted by atomic mass is 16.2. The summed E-state index contributed by atoms with van der Waals surface area (Å²) in [5.41, 5.74) is 1.29. The van der Waals surface area contributed by atoms with E-state index in [0.717, 1.165) is 32.1 Å². The third kappa shape index (κ3) is 2.61. The summed E-state index contributed by atoms with van der Waals surface area (Å²) in [7, 11) is 0. The maximum Gasteiger partial charge on any atom is 0.254 e. The van der Waals surface area contributed by atoms with Gasteiger partial charge in [0.2, 0.25) is 0 Å². The first-order valence-corrected chi connectivity index (χ1v) is 6.62. The van der Waals surface area contributed by atoms with Gasteiger partial charge in [0.15, 0.2) is 0 Å². The largest absolute Gasteiger partial charge is 0.336 e. The van der Waals surface area contributed by atoms with Gasteiger partial charge in [-0.05, 0) is 37.8 Å². The zero-order valence-electron chi connectivity index (χ0n) is 10.8. The molecule has 1 aliphatic rings. The summed E-state index contributed by atoms with van der Waals surface area (Å²) in [5.74, 6) is 0.0963. The summed E-state index contributed by atoms with van der Waals surface area (Å²) in [5, 5.41) is 0. The van der Waals surface area contributed by atoms with Crippen molar-refractivity contribution in [3.05, 3.63) is 35.4 Å². The number of nitrogens with zero attached hydrogens (tertiary/aromatic N) is 1. The summed E-state index contributed by atoms with van der Waals surface area (Å²) in [6.07, 6.45) is 5.22. The Bertz CT molecular complexity index is 425. The van der Waals surface area contributed by atoms with Gasteiger partial charge in [-0.15, -0.1) is 0 Å². The lowest BCUT2D eigenvalue weighted by Crippen LogP contribution is -2.43. The minimum absolute atomic E-state index is 0.0963. The normalized spacial score (nSPS) is 19.6. The van der Waals surface area contributed by atoms with Crippen LogP contribution >= 0.6 is 0 Å². The Balaban J connectivity index is 2.15. The Morgan fingerprint density at radius 2 is 2.06 bits per heavy atom. The van der Waals surface area contributed by atoms with E-state index in [2.05, 4.69) is 6.92 Å². The Hall–Kier alpha value is -1.64. The van der Waals surface area contributed by atoms with Crippen molar-refractivity contribution in [1.82, 2.24) is 4.90 Å². The molecule has 1 saturated heterocycles. The first-order valence-electron chi connectivity index (χ1n) is 6.62. The number of piperidine rings is 1. The predicted molar refractivity (Wildman–Crippen MR) is 70.8 cm³/mol. The molecule has 1 aromatic carbocycles. The van der Waals surface area contributed by atoms with E-state index in [-0.39, 0.29) is 5.91 Å². The number of rotatable bonds is 3. The Labute approximate surface area is 108 Å². The maximum atomic E-state index is 12.4. The van der Waals surface area contributed by atoms with E-state index in [1.165, 1.54) is 6.42 Å². The smallest absolute Gasteiger partial charge is 0.254 e. The van der Waals surface area contributed by atoms with Crippen molar-refractivity contribution >= 4 is 12.2 Å². The van der Waals surface area contributed by atoms with Crippen molar-refractivity contribution in [2.45, 2.75) is 38.6 Å². The van der Waals surface area contributed by atoms with Crippen LogP contribution in [0.5, 0.6) is 0 Å². The van der Waals surface area contributed by atoms with Gasteiger partial charge < -0.3 is 4.90 Å². The highest BCUT2D eigenvalue weighted by molar-refractivity contribution is 5.95. The van der Waals surface area contributed by atoms with Gasteiger partial charge in [-0.2, -0.15) is 0 Å². The molecule has 0 aromatic heterocycles. The standard InChI is InChI=1S/C15H19NO2/c1-2-14-5-3-4-10-16(14)15(18)13-8-6-12(11-17)7-9-13/h6-9,11,14H,2-5,10H2,1H3. The molecule has 3 heteroatoms. The number of carbonyl (C=O) groups is 2. The number of likely N-dealkylation sites (tertiary alicyclic amines) is 1. The first-order chi connectivity index (χ1) is 8.76. The van der Waals surface area contributed by atoms with Crippen molar-refractivity contribution in [3.63, 3.8) is 0 Å². The summed E-state index contributed by atoms with van der Waals surface area (Å²) >= 11 is 0. The fraction of sp³-hybridized carbons (Fsp3) is 0.467. The van der Waals surface area contributed by atoms with E-state index in [4.69, 9.17) is 0 Å². The van der Waals surface area contributed by atoms with Gasteiger partial charge in [-0.1, -0.05) is 19.1 Å². The summed E-state index contributed by atoms with van der Waals surface area (Å²) in [4.78, 5) is 25.0. The Kier molecular flexibility index (Phi) is 4.13. The topological polar surface area (TPSA) is 37.4 Å². The van der Waals surface area contributed by atoms with Crippen LogP contribution in [0.1, 0.15) is 53.3 Å². The SMILES string of the molecule is CCC1CCCCN1C(=O)c1ccc(C=O)cc1. The van der Waals surface area contributed by atoms with Gasteiger partial charge in [0.05, 0.1) is 0 Å². The van der Waals surface area contributed by atoms with Crippen LogP contribution in [-0.2, 0) is 0 Å². The lowest BCUT2D eigenvalue weighted by molar-refractivity contribution is 0.0608. The van der Waals surface area contributed by atoms with E-state index >= 15 is 0 Å². The molecule has 0 saturated carbocycles. The molecule has 1 aromatic rings. The van der Waals surface area contributed by atoms with E-state index in [1.54, 1.807) is 24.3 Å². The number of amides is 1. The quantitative estimate of drug-likeness (QED) is 0.768. The van der Waals surface area contributed by atoms with Gasteiger partial charge in [0.1, 0.15) is 6.29 Å². The lowest BCUT2D eigenvalue weighted by atomic mass is 9.98. The fourth-order valence-electron chi connectivity index (χ4n) is 2.56. The van der Waals surface area contributed by atoms with Gasteiger partial charge >= 0.3 is 0 Å². The van der Waals surface area contributed by atoms with E-state index < -0.39 is 0 Å². The molecule has 1 heterocycles. The molecule has 0 spiro atoms. The molecule has 0 bridgehead atoms. The fourth-order valence-corrected chi connectivity index (χ4v) is 2.56. The van der Waals surface area contributed by atoms with Crippen LogP contribution in [0.2, 0.25) is 0 Å². The molecule has 1 amide bonds. The van der Waals surface area contributed by atoms with Crippen LogP contribution in [0, 0.1) is 0 Å². The van der Waals surface area contributed by atoms with Crippen molar-refractivity contribution in [3.8, 4) is 0 Å². The van der Waals surface area contributed by atoms with Crippen molar-refractivity contribution in [2.24, 2.45) is 0 Å². The summed E-state index contributed by atoms with van der Waals surface area (Å²) in [6, 6.07) is 7.26. The number of carbonyl (C=O) groups excluding carboxylic acids is 2. The minimum atomic E-state index is 0.0963. The first kappa shape index (κ1) is 12.8. The zero-order valence-corrected chi connectivity index (χ0v) is 10.8. The molecule has 1 aliphatic heterocycles. The second-order valence-corrected chi connectivity index (χ2v) is 4.80.